The highest BCUT2D eigenvalue weighted by Crippen LogP contribution is 2.34. The van der Waals surface area contributed by atoms with Crippen LogP contribution in [-0.2, 0) is 11.2 Å². The van der Waals surface area contributed by atoms with Crippen molar-refractivity contribution >= 4 is 17.3 Å². The lowest BCUT2D eigenvalue weighted by atomic mass is 9.89. The zero-order chi connectivity index (χ0) is 14.8. The van der Waals surface area contributed by atoms with E-state index in [9.17, 15) is 4.79 Å². The van der Waals surface area contributed by atoms with Crippen molar-refractivity contribution in [2.24, 2.45) is 5.41 Å². The Morgan fingerprint density at radius 1 is 1.60 bits per heavy atom. The average molecular weight is 272 g/mol. The van der Waals surface area contributed by atoms with E-state index < -0.39 is 0 Å². The van der Waals surface area contributed by atoms with E-state index in [1.807, 2.05) is 25.1 Å². The number of nitrogens with two attached hydrogens (primary N) is 1. The lowest BCUT2D eigenvalue weighted by Crippen LogP contribution is -2.39. The molecule has 0 saturated carbocycles. The molecule has 0 aliphatic carbocycles. The lowest BCUT2D eigenvalue weighted by Gasteiger charge is -2.24. The molecule has 1 heterocycles. The van der Waals surface area contributed by atoms with Crippen LogP contribution >= 0.6 is 0 Å². The Hall–Kier alpha value is -2.22. The molecule has 20 heavy (non-hydrogen) atoms. The standard InChI is InChI=1S/C15H20N4O/c1-15(14(20)18-2)6-8-19(10-15)12-3-4-13(17)11(9-12)5-7-16/h3-4,9H,5-6,8,10,17H2,1-2H3,(H,18,20). The van der Waals surface area contributed by atoms with Crippen molar-refractivity contribution in [1.29, 1.82) is 5.26 Å². The minimum Gasteiger partial charge on any atom is -0.398 e. The Balaban J connectivity index is 2.20. The molecular formula is C15H20N4O. The average Bonchev–Trinajstić information content (AvgIpc) is 2.84. The summed E-state index contributed by atoms with van der Waals surface area (Å²) >= 11 is 0. The summed E-state index contributed by atoms with van der Waals surface area (Å²) in [5, 5.41) is 11.5. The predicted molar refractivity (Wildman–Crippen MR) is 79.2 cm³/mol. The van der Waals surface area contributed by atoms with Crippen LogP contribution in [0.3, 0.4) is 0 Å². The topological polar surface area (TPSA) is 82.2 Å². The molecule has 3 N–H and O–H groups in total. The molecule has 1 saturated heterocycles. The second-order valence-corrected chi connectivity index (χ2v) is 5.53. The summed E-state index contributed by atoms with van der Waals surface area (Å²) in [6.07, 6.45) is 1.13. The molecule has 0 aromatic heterocycles. The Kier molecular flexibility index (Phi) is 3.84. The Labute approximate surface area is 119 Å². The fourth-order valence-corrected chi connectivity index (χ4v) is 2.70. The zero-order valence-electron chi connectivity index (χ0n) is 11.9. The van der Waals surface area contributed by atoms with Gasteiger partial charge in [-0.25, -0.2) is 0 Å². The molecular weight excluding hydrogens is 252 g/mol. The number of hydrogen-bond acceptors (Lipinski definition) is 4. The number of rotatable bonds is 3. The van der Waals surface area contributed by atoms with Gasteiger partial charge in [-0.2, -0.15) is 5.26 Å². The molecule has 1 fully saturated rings. The predicted octanol–water partition coefficient (Wildman–Crippen LogP) is 1.30. The maximum Gasteiger partial charge on any atom is 0.227 e. The van der Waals surface area contributed by atoms with E-state index in [-0.39, 0.29) is 11.3 Å². The van der Waals surface area contributed by atoms with Gasteiger partial charge in [0.05, 0.1) is 17.9 Å². The smallest absolute Gasteiger partial charge is 0.227 e. The molecule has 5 heteroatoms. The summed E-state index contributed by atoms with van der Waals surface area (Å²) in [7, 11) is 1.67. The Bertz CT molecular complexity index is 563. The maximum atomic E-state index is 11.9. The third-order valence-corrected chi connectivity index (χ3v) is 4.01. The number of nitrogens with one attached hydrogen (secondary N) is 1. The normalized spacial score (nSPS) is 21.6. The molecule has 1 aliphatic rings. The maximum absolute atomic E-state index is 11.9. The second-order valence-electron chi connectivity index (χ2n) is 5.53. The highest BCUT2D eigenvalue weighted by molar-refractivity contribution is 5.83. The summed E-state index contributed by atoms with van der Waals surface area (Å²) in [5.74, 6) is 0.0766. The highest BCUT2D eigenvalue weighted by atomic mass is 16.2. The molecule has 0 spiro atoms. The van der Waals surface area contributed by atoms with E-state index in [0.717, 1.165) is 24.2 Å². The largest absolute Gasteiger partial charge is 0.398 e. The number of carbonyl (C=O) groups excluding carboxylic acids is 1. The molecule has 2 rings (SSSR count). The third kappa shape index (κ3) is 2.55. The van der Waals surface area contributed by atoms with Crippen molar-refractivity contribution in [2.75, 3.05) is 30.8 Å². The number of nitriles is 1. The Morgan fingerprint density at radius 2 is 2.35 bits per heavy atom. The number of amides is 1. The minimum atomic E-state index is -0.356. The van der Waals surface area contributed by atoms with Crippen molar-refractivity contribution in [3.8, 4) is 6.07 Å². The van der Waals surface area contributed by atoms with Crippen molar-refractivity contribution in [1.82, 2.24) is 5.32 Å². The highest BCUT2D eigenvalue weighted by Gasteiger charge is 2.39. The van der Waals surface area contributed by atoms with Gasteiger partial charge in [-0.1, -0.05) is 0 Å². The van der Waals surface area contributed by atoms with Crippen LogP contribution in [0, 0.1) is 16.7 Å². The minimum absolute atomic E-state index is 0.0766. The summed E-state index contributed by atoms with van der Waals surface area (Å²) in [4.78, 5) is 14.1. The van der Waals surface area contributed by atoms with Gasteiger partial charge in [-0.3, -0.25) is 4.79 Å². The van der Waals surface area contributed by atoms with Gasteiger partial charge in [0.25, 0.3) is 0 Å². The molecule has 0 bridgehead atoms. The number of carbonyl (C=O) groups is 1. The van der Waals surface area contributed by atoms with Gasteiger partial charge in [-0.15, -0.1) is 0 Å². The number of anilines is 2. The van der Waals surface area contributed by atoms with E-state index in [1.165, 1.54) is 0 Å². The quantitative estimate of drug-likeness (QED) is 0.812. The lowest BCUT2D eigenvalue weighted by molar-refractivity contribution is -0.128. The van der Waals surface area contributed by atoms with Crippen LogP contribution in [0.4, 0.5) is 11.4 Å². The van der Waals surface area contributed by atoms with Crippen LogP contribution in [0.2, 0.25) is 0 Å². The van der Waals surface area contributed by atoms with Crippen LogP contribution in [0.25, 0.3) is 0 Å². The molecule has 1 aromatic rings. The monoisotopic (exact) mass is 272 g/mol. The van der Waals surface area contributed by atoms with Crippen LogP contribution in [0.15, 0.2) is 18.2 Å². The fourth-order valence-electron chi connectivity index (χ4n) is 2.70. The van der Waals surface area contributed by atoms with Gasteiger partial charge in [0.15, 0.2) is 0 Å². The molecule has 1 amide bonds. The van der Waals surface area contributed by atoms with Crippen molar-refractivity contribution in [3.05, 3.63) is 23.8 Å². The van der Waals surface area contributed by atoms with E-state index in [4.69, 9.17) is 11.0 Å². The van der Waals surface area contributed by atoms with Crippen molar-refractivity contribution in [3.63, 3.8) is 0 Å². The van der Waals surface area contributed by atoms with Crippen LogP contribution in [0.1, 0.15) is 18.9 Å². The van der Waals surface area contributed by atoms with Crippen molar-refractivity contribution < 1.29 is 4.79 Å². The van der Waals surface area contributed by atoms with Gasteiger partial charge in [-0.05, 0) is 37.1 Å². The second kappa shape index (κ2) is 5.41. The summed E-state index contributed by atoms with van der Waals surface area (Å²) in [6.45, 7) is 3.50. The van der Waals surface area contributed by atoms with Crippen LogP contribution < -0.4 is 16.0 Å². The first-order chi connectivity index (χ1) is 9.50. The zero-order valence-corrected chi connectivity index (χ0v) is 11.9. The van der Waals surface area contributed by atoms with E-state index in [2.05, 4.69) is 16.3 Å². The SMILES string of the molecule is CNC(=O)C1(C)CCN(c2ccc(N)c(CC#N)c2)C1. The first-order valence-corrected chi connectivity index (χ1v) is 6.72. The number of benzene rings is 1. The summed E-state index contributed by atoms with van der Waals surface area (Å²) < 4.78 is 0. The van der Waals surface area contributed by atoms with Crippen LogP contribution in [-0.4, -0.2) is 26.0 Å². The van der Waals surface area contributed by atoms with Crippen LogP contribution in [0.5, 0.6) is 0 Å². The van der Waals surface area contributed by atoms with E-state index >= 15 is 0 Å². The van der Waals surface area contributed by atoms with E-state index in [1.54, 1.807) is 7.05 Å². The van der Waals surface area contributed by atoms with E-state index in [0.29, 0.717) is 18.7 Å². The first-order valence-electron chi connectivity index (χ1n) is 6.72. The van der Waals surface area contributed by atoms with Crippen molar-refractivity contribution in [2.45, 2.75) is 19.8 Å². The Morgan fingerprint density at radius 3 is 3.00 bits per heavy atom. The molecule has 5 nitrogen and oxygen atoms in total. The van der Waals surface area contributed by atoms with Gasteiger partial charge in [0.1, 0.15) is 0 Å². The summed E-state index contributed by atoms with van der Waals surface area (Å²) in [5.41, 5.74) is 8.02. The fraction of sp³-hybridized carbons (Fsp3) is 0.467. The number of hydrogen-bond donors (Lipinski definition) is 2. The van der Waals surface area contributed by atoms with Gasteiger partial charge < -0.3 is 16.0 Å². The molecule has 106 valence electrons. The molecule has 1 unspecified atom stereocenters. The number of nitrogens with zero attached hydrogens (tertiary/aromatic N) is 2. The molecule has 1 aromatic carbocycles. The molecule has 1 atom stereocenters. The van der Waals surface area contributed by atoms with Gasteiger partial charge in [0.2, 0.25) is 5.91 Å². The van der Waals surface area contributed by atoms with Gasteiger partial charge in [0, 0.05) is 31.5 Å². The van der Waals surface area contributed by atoms with Gasteiger partial charge >= 0.3 is 0 Å². The third-order valence-electron chi connectivity index (χ3n) is 4.01. The number of nitrogen functional groups attached to an aromatic ring is 1. The molecule has 0 radical (unpaired) electrons. The first kappa shape index (κ1) is 14.2. The summed E-state index contributed by atoms with van der Waals surface area (Å²) in [6, 6.07) is 7.86. The molecule has 1 aliphatic heterocycles.